The summed E-state index contributed by atoms with van der Waals surface area (Å²) in [5.74, 6) is -0.270. The van der Waals surface area contributed by atoms with E-state index < -0.39 is 6.10 Å². The van der Waals surface area contributed by atoms with Crippen molar-refractivity contribution in [2.75, 3.05) is 0 Å². The first-order valence-corrected chi connectivity index (χ1v) is 5.02. The van der Waals surface area contributed by atoms with Gasteiger partial charge >= 0.3 is 5.97 Å². The Balaban J connectivity index is 1.96. The molecule has 1 aromatic rings. The molecule has 1 heterocycles. The van der Waals surface area contributed by atoms with Crippen molar-refractivity contribution in [3.63, 3.8) is 0 Å². The number of Topliss-reactive ketones (excluding diaryl/α,β-unsaturated/α-hetero) is 1. The number of carbonyl (C=O) groups is 2. The highest BCUT2D eigenvalue weighted by Gasteiger charge is 2.29. The smallest absolute Gasteiger partial charge is 0.306 e. The summed E-state index contributed by atoms with van der Waals surface area (Å²) < 4.78 is 4.91. The van der Waals surface area contributed by atoms with Gasteiger partial charge in [0, 0.05) is 19.3 Å². The molecular weight excluding hydrogens is 192 g/mol. The van der Waals surface area contributed by atoms with Gasteiger partial charge in [0.05, 0.1) is 0 Å². The zero-order valence-corrected chi connectivity index (χ0v) is 8.31. The Morgan fingerprint density at radius 1 is 1.33 bits per heavy atom. The molecule has 0 N–H and O–H groups in total. The van der Waals surface area contributed by atoms with Gasteiger partial charge in [0.15, 0.2) is 11.9 Å². The van der Waals surface area contributed by atoms with Gasteiger partial charge in [0.2, 0.25) is 0 Å². The Morgan fingerprint density at radius 3 is 2.67 bits per heavy atom. The molecule has 15 heavy (non-hydrogen) atoms. The number of carbonyl (C=O) groups excluding carboxylic acids is 2. The molecule has 0 aliphatic carbocycles. The lowest BCUT2D eigenvalue weighted by atomic mass is 10.0. The average molecular weight is 204 g/mol. The van der Waals surface area contributed by atoms with Crippen LogP contribution in [0.5, 0.6) is 0 Å². The van der Waals surface area contributed by atoms with Gasteiger partial charge < -0.3 is 4.74 Å². The zero-order valence-electron chi connectivity index (χ0n) is 8.31. The fourth-order valence-electron chi connectivity index (χ4n) is 1.66. The molecule has 78 valence electrons. The molecule has 3 nitrogen and oxygen atoms in total. The zero-order chi connectivity index (χ0) is 10.7. The fraction of sp³-hybridized carbons (Fsp3) is 0.333. The Bertz CT molecular complexity index is 370. The van der Waals surface area contributed by atoms with Crippen LogP contribution in [0, 0.1) is 0 Å². The maximum Gasteiger partial charge on any atom is 0.306 e. The Kier molecular flexibility index (Phi) is 2.81. The number of hydrogen-bond acceptors (Lipinski definition) is 3. The van der Waals surface area contributed by atoms with Crippen molar-refractivity contribution in [3.05, 3.63) is 35.9 Å². The highest BCUT2D eigenvalue weighted by Crippen LogP contribution is 2.16. The van der Waals surface area contributed by atoms with Gasteiger partial charge in [-0.3, -0.25) is 9.59 Å². The standard InChI is InChI=1S/C12H12O3/c13-10(11-6-7-12(14)15-11)8-9-4-2-1-3-5-9/h1-5,11H,6-8H2. The Labute approximate surface area is 88.1 Å². The normalized spacial score (nSPS) is 20.0. The van der Waals surface area contributed by atoms with Gasteiger partial charge in [-0.2, -0.15) is 0 Å². The van der Waals surface area contributed by atoms with Crippen LogP contribution in [-0.2, 0) is 20.7 Å². The summed E-state index contributed by atoms with van der Waals surface area (Å²) in [5.41, 5.74) is 0.963. The second-order valence-electron chi connectivity index (χ2n) is 3.65. The monoisotopic (exact) mass is 204 g/mol. The quantitative estimate of drug-likeness (QED) is 0.701. The van der Waals surface area contributed by atoms with Crippen LogP contribution in [0.2, 0.25) is 0 Å². The number of esters is 1. The number of ether oxygens (including phenoxy) is 1. The predicted molar refractivity (Wildman–Crippen MR) is 54.3 cm³/mol. The van der Waals surface area contributed by atoms with Gasteiger partial charge in [-0.25, -0.2) is 0 Å². The average Bonchev–Trinajstić information content (AvgIpc) is 2.66. The molecule has 0 radical (unpaired) electrons. The van der Waals surface area contributed by atoms with E-state index in [1.165, 1.54) is 0 Å². The van der Waals surface area contributed by atoms with E-state index in [1.807, 2.05) is 30.3 Å². The van der Waals surface area contributed by atoms with Crippen LogP contribution in [0.3, 0.4) is 0 Å². The van der Waals surface area contributed by atoms with Crippen molar-refractivity contribution < 1.29 is 14.3 Å². The van der Waals surface area contributed by atoms with E-state index in [2.05, 4.69) is 0 Å². The summed E-state index contributed by atoms with van der Waals surface area (Å²) in [6.45, 7) is 0. The summed E-state index contributed by atoms with van der Waals surface area (Å²) in [4.78, 5) is 22.5. The lowest BCUT2D eigenvalue weighted by Gasteiger charge is -2.07. The minimum Gasteiger partial charge on any atom is -0.454 e. The molecule has 0 spiro atoms. The van der Waals surface area contributed by atoms with E-state index >= 15 is 0 Å². The van der Waals surface area contributed by atoms with E-state index in [4.69, 9.17) is 4.74 Å². The minimum absolute atomic E-state index is 0.00736. The summed E-state index contributed by atoms with van der Waals surface area (Å²) in [5, 5.41) is 0. The largest absolute Gasteiger partial charge is 0.454 e. The molecule has 1 aliphatic rings. The topological polar surface area (TPSA) is 43.4 Å². The first-order valence-electron chi connectivity index (χ1n) is 5.02. The third-order valence-corrected chi connectivity index (χ3v) is 2.46. The Hall–Kier alpha value is -1.64. The van der Waals surface area contributed by atoms with E-state index in [0.29, 0.717) is 19.3 Å². The number of benzene rings is 1. The minimum atomic E-state index is -0.516. The summed E-state index contributed by atoms with van der Waals surface area (Å²) in [6.07, 6.45) is 0.729. The van der Waals surface area contributed by atoms with Crippen molar-refractivity contribution in [3.8, 4) is 0 Å². The molecule has 1 atom stereocenters. The third-order valence-electron chi connectivity index (χ3n) is 2.46. The molecule has 1 aromatic carbocycles. The molecule has 2 rings (SSSR count). The molecule has 0 aromatic heterocycles. The molecule has 1 saturated heterocycles. The molecule has 0 saturated carbocycles. The van der Waals surface area contributed by atoms with Crippen molar-refractivity contribution in [2.24, 2.45) is 0 Å². The maximum absolute atomic E-state index is 11.7. The number of rotatable bonds is 3. The van der Waals surface area contributed by atoms with Gasteiger partial charge in [0.25, 0.3) is 0 Å². The highest BCUT2D eigenvalue weighted by molar-refractivity contribution is 5.89. The maximum atomic E-state index is 11.7. The second kappa shape index (κ2) is 4.26. The van der Waals surface area contributed by atoms with Crippen LogP contribution in [0.4, 0.5) is 0 Å². The molecule has 3 heteroatoms. The lowest BCUT2D eigenvalue weighted by Crippen LogP contribution is -2.22. The summed E-state index contributed by atoms with van der Waals surface area (Å²) >= 11 is 0. The van der Waals surface area contributed by atoms with Crippen LogP contribution in [0.15, 0.2) is 30.3 Å². The van der Waals surface area contributed by atoms with E-state index in [-0.39, 0.29) is 11.8 Å². The lowest BCUT2D eigenvalue weighted by molar-refractivity contribution is -0.147. The predicted octanol–water partition coefficient (Wildman–Crippen LogP) is 1.50. The molecule has 0 bridgehead atoms. The number of ketones is 1. The van der Waals surface area contributed by atoms with Crippen molar-refractivity contribution in [2.45, 2.75) is 25.4 Å². The van der Waals surface area contributed by atoms with Crippen LogP contribution in [0.1, 0.15) is 18.4 Å². The van der Waals surface area contributed by atoms with Crippen LogP contribution < -0.4 is 0 Å². The van der Waals surface area contributed by atoms with Crippen LogP contribution >= 0.6 is 0 Å². The highest BCUT2D eigenvalue weighted by atomic mass is 16.6. The van der Waals surface area contributed by atoms with Gasteiger partial charge in [-0.1, -0.05) is 30.3 Å². The van der Waals surface area contributed by atoms with Crippen molar-refractivity contribution in [1.29, 1.82) is 0 Å². The van der Waals surface area contributed by atoms with E-state index in [0.717, 1.165) is 5.56 Å². The van der Waals surface area contributed by atoms with Crippen LogP contribution in [-0.4, -0.2) is 17.9 Å². The first-order chi connectivity index (χ1) is 7.25. The van der Waals surface area contributed by atoms with Crippen molar-refractivity contribution in [1.82, 2.24) is 0 Å². The number of cyclic esters (lactones) is 1. The fourth-order valence-corrected chi connectivity index (χ4v) is 1.66. The first kappa shape index (κ1) is 9.90. The van der Waals surface area contributed by atoms with E-state index in [1.54, 1.807) is 0 Å². The van der Waals surface area contributed by atoms with Gasteiger partial charge in [-0.15, -0.1) is 0 Å². The second-order valence-corrected chi connectivity index (χ2v) is 3.65. The molecule has 1 fully saturated rings. The van der Waals surface area contributed by atoms with Gasteiger partial charge in [0.1, 0.15) is 0 Å². The SMILES string of the molecule is O=C1CCC(C(=O)Cc2ccccc2)O1. The van der Waals surface area contributed by atoms with Crippen molar-refractivity contribution >= 4 is 11.8 Å². The molecule has 0 amide bonds. The van der Waals surface area contributed by atoms with Crippen LogP contribution in [0.25, 0.3) is 0 Å². The number of hydrogen-bond donors (Lipinski definition) is 0. The Morgan fingerprint density at radius 2 is 2.07 bits per heavy atom. The molecule has 1 aliphatic heterocycles. The third kappa shape index (κ3) is 2.43. The summed E-state index contributed by atoms with van der Waals surface area (Å²) in [6, 6.07) is 9.49. The van der Waals surface area contributed by atoms with Gasteiger partial charge in [-0.05, 0) is 5.56 Å². The van der Waals surface area contributed by atoms with E-state index in [9.17, 15) is 9.59 Å². The molecule has 1 unspecified atom stereocenters. The summed E-state index contributed by atoms with van der Waals surface area (Å²) in [7, 11) is 0. The molecular formula is C12H12O3.